The number of likely N-dealkylation sites (tertiary alicyclic amines) is 1. The van der Waals surface area contributed by atoms with E-state index in [9.17, 15) is 14.7 Å². The van der Waals surface area contributed by atoms with Crippen LogP contribution in [-0.2, 0) is 9.47 Å². The Hall–Kier alpha value is -1.50. The number of amides is 2. The highest BCUT2D eigenvalue weighted by Crippen LogP contribution is 2.21. The van der Waals surface area contributed by atoms with Crippen LogP contribution in [0.2, 0.25) is 0 Å². The van der Waals surface area contributed by atoms with E-state index in [1.54, 1.807) is 9.80 Å². The Balaban J connectivity index is 2.62. The third-order valence-corrected chi connectivity index (χ3v) is 3.53. The van der Waals surface area contributed by atoms with Gasteiger partial charge in [0, 0.05) is 25.7 Å². The monoisotopic (exact) mass is 344 g/mol. The number of aliphatic hydroxyl groups excluding tert-OH is 1. The van der Waals surface area contributed by atoms with Crippen molar-refractivity contribution in [2.75, 3.05) is 26.2 Å². The highest BCUT2D eigenvalue weighted by Gasteiger charge is 2.33. The van der Waals surface area contributed by atoms with Gasteiger partial charge in [-0.15, -0.1) is 0 Å². The zero-order valence-corrected chi connectivity index (χ0v) is 15.8. The molecular formula is C17H32N2O5. The number of carbonyl (C=O) groups is 2. The molecule has 0 aromatic rings. The molecule has 7 heteroatoms. The van der Waals surface area contributed by atoms with E-state index in [-0.39, 0.29) is 25.3 Å². The van der Waals surface area contributed by atoms with Gasteiger partial charge in [-0.1, -0.05) is 0 Å². The minimum atomic E-state index is -0.581. The number of carbonyl (C=O) groups excluding carboxylic acids is 2. The molecule has 0 saturated carbocycles. The van der Waals surface area contributed by atoms with E-state index in [1.807, 2.05) is 41.5 Å². The molecular weight excluding hydrogens is 312 g/mol. The molecule has 0 aromatic heterocycles. The molecule has 0 unspecified atom stereocenters. The summed E-state index contributed by atoms with van der Waals surface area (Å²) in [5, 5.41) is 9.25. The first kappa shape index (κ1) is 20.5. The van der Waals surface area contributed by atoms with E-state index < -0.39 is 17.3 Å². The smallest absolute Gasteiger partial charge is 0.410 e. The molecule has 0 atom stereocenters. The zero-order chi connectivity index (χ0) is 18.5. The molecule has 140 valence electrons. The normalized spacial score (nSPS) is 16.7. The van der Waals surface area contributed by atoms with Crippen LogP contribution in [0.3, 0.4) is 0 Å². The quantitative estimate of drug-likeness (QED) is 0.851. The van der Waals surface area contributed by atoms with Crippen LogP contribution >= 0.6 is 0 Å². The lowest BCUT2D eigenvalue weighted by molar-refractivity contribution is -0.00256. The summed E-state index contributed by atoms with van der Waals surface area (Å²) in [4.78, 5) is 27.7. The van der Waals surface area contributed by atoms with Crippen LogP contribution in [0.15, 0.2) is 0 Å². The molecule has 1 rings (SSSR count). The second-order valence-electron chi connectivity index (χ2n) is 8.10. The third-order valence-electron chi connectivity index (χ3n) is 3.53. The van der Waals surface area contributed by atoms with Crippen molar-refractivity contribution in [1.82, 2.24) is 9.80 Å². The van der Waals surface area contributed by atoms with Crippen molar-refractivity contribution >= 4 is 12.2 Å². The van der Waals surface area contributed by atoms with Crippen molar-refractivity contribution in [3.05, 3.63) is 0 Å². The molecule has 0 bridgehead atoms. The Kier molecular flexibility index (Phi) is 6.89. The first-order chi connectivity index (χ1) is 10.9. The minimum absolute atomic E-state index is 0.0503. The van der Waals surface area contributed by atoms with Crippen molar-refractivity contribution in [3.63, 3.8) is 0 Å². The molecule has 1 saturated heterocycles. The first-order valence-corrected chi connectivity index (χ1v) is 8.51. The lowest BCUT2D eigenvalue weighted by Gasteiger charge is -2.39. The van der Waals surface area contributed by atoms with Gasteiger partial charge in [-0.05, 0) is 54.4 Å². The summed E-state index contributed by atoms with van der Waals surface area (Å²) in [6.07, 6.45) is 0.524. The lowest BCUT2D eigenvalue weighted by atomic mass is 10.0. The molecule has 0 aliphatic carbocycles. The number of aliphatic hydroxyl groups is 1. The van der Waals surface area contributed by atoms with Gasteiger partial charge in [0.25, 0.3) is 0 Å². The largest absolute Gasteiger partial charge is 0.444 e. The molecule has 1 aliphatic heterocycles. The molecule has 24 heavy (non-hydrogen) atoms. The van der Waals surface area contributed by atoms with E-state index in [0.29, 0.717) is 25.9 Å². The Morgan fingerprint density at radius 1 is 1.04 bits per heavy atom. The van der Waals surface area contributed by atoms with E-state index in [1.165, 1.54) is 0 Å². The number of ether oxygens (including phenoxy) is 2. The van der Waals surface area contributed by atoms with E-state index in [2.05, 4.69) is 0 Å². The SMILES string of the molecule is CC(C)(C)OC(=O)N1CCC(N(CCO)C(=O)OC(C)(C)C)CC1. The average Bonchev–Trinajstić information content (AvgIpc) is 2.41. The fourth-order valence-electron chi connectivity index (χ4n) is 2.54. The van der Waals surface area contributed by atoms with Gasteiger partial charge in [0.2, 0.25) is 0 Å². The Bertz CT molecular complexity index is 431. The summed E-state index contributed by atoms with van der Waals surface area (Å²) in [6, 6.07) is -0.0503. The molecule has 7 nitrogen and oxygen atoms in total. The average molecular weight is 344 g/mol. The van der Waals surface area contributed by atoms with Gasteiger partial charge in [-0.2, -0.15) is 0 Å². The second-order valence-corrected chi connectivity index (χ2v) is 8.10. The van der Waals surface area contributed by atoms with Gasteiger partial charge in [-0.3, -0.25) is 0 Å². The van der Waals surface area contributed by atoms with Crippen LogP contribution < -0.4 is 0 Å². The minimum Gasteiger partial charge on any atom is -0.444 e. The summed E-state index contributed by atoms with van der Waals surface area (Å²) in [6.45, 7) is 12.1. The van der Waals surface area contributed by atoms with Crippen LogP contribution in [0.25, 0.3) is 0 Å². The van der Waals surface area contributed by atoms with Gasteiger partial charge < -0.3 is 24.4 Å². The standard InChI is InChI=1S/C17H32N2O5/c1-16(2,3)23-14(21)18-9-7-13(8-10-18)19(11-12-20)15(22)24-17(4,5)6/h13,20H,7-12H2,1-6H3. The maximum atomic E-state index is 12.3. The molecule has 0 aromatic carbocycles. The number of nitrogens with zero attached hydrogens (tertiary/aromatic N) is 2. The Morgan fingerprint density at radius 2 is 1.54 bits per heavy atom. The lowest BCUT2D eigenvalue weighted by Crippen LogP contribution is -2.51. The predicted octanol–water partition coefficient (Wildman–Crippen LogP) is 2.62. The third kappa shape index (κ3) is 6.95. The van der Waals surface area contributed by atoms with Crippen molar-refractivity contribution in [1.29, 1.82) is 0 Å². The molecule has 1 heterocycles. The molecule has 0 radical (unpaired) electrons. The van der Waals surface area contributed by atoms with Crippen molar-refractivity contribution in [2.45, 2.75) is 71.6 Å². The van der Waals surface area contributed by atoms with Gasteiger partial charge in [-0.25, -0.2) is 9.59 Å². The first-order valence-electron chi connectivity index (χ1n) is 8.51. The fourth-order valence-corrected chi connectivity index (χ4v) is 2.54. The molecule has 1 fully saturated rings. The van der Waals surface area contributed by atoms with Crippen LogP contribution in [0, 0.1) is 0 Å². The molecule has 2 amide bonds. The van der Waals surface area contributed by atoms with Crippen LogP contribution in [0.5, 0.6) is 0 Å². The van der Waals surface area contributed by atoms with Crippen molar-refractivity contribution in [3.8, 4) is 0 Å². The number of hydrogen-bond acceptors (Lipinski definition) is 5. The highest BCUT2D eigenvalue weighted by molar-refractivity contribution is 5.69. The van der Waals surface area contributed by atoms with Gasteiger partial charge in [0.1, 0.15) is 11.2 Å². The maximum absolute atomic E-state index is 12.3. The maximum Gasteiger partial charge on any atom is 0.410 e. The molecule has 0 spiro atoms. The van der Waals surface area contributed by atoms with Crippen LogP contribution in [0.4, 0.5) is 9.59 Å². The summed E-state index contributed by atoms with van der Waals surface area (Å²) < 4.78 is 10.8. The van der Waals surface area contributed by atoms with E-state index in [4.69, 9.17) is 9.47 Å². The molecule has 1 aliphatic rings. The van der Waals surface area contributed by atoms with Crippen LogP contribution in [0.1, 0.15) is 54.4 Å². The van der Waals surface area contributed by atoms with Gasteiger partial charge >= 0.3 is 12.2 Å². The van der Waals surface area contributed by atoms with Crippen molar-refractivity contribution < 1.29 is 24.2 Å². The number of piperidine rings is 1. The zero-order valence-electron chi connectivity index (χ0n) is 15.8. The second kappa shape index (κ2) is 8.05. The summed E-state index contributed by atoms with van der Waals surface area (Å²) in [5.74, 6) is 0. The highest BCUT2D eigenvalue weighted by atomic mass is 16.6. The summed E-state index contributed by atoms with van der Waals surface area (Å²) >= 11 is 0. The Labute approximate surface area is 144 Å². The van der Waals surface area contributed by atoms with Crippen molar-refractivity contribution in [2.24, 2.45) is 0 Å². The molecule has 1 N–H and O–H groups in total. The summed E-state index contributed by atoms with van der Waals surface area (Å²) in [7, 11) is 0. The van der Waals surface area contributed by atoms with Gasteiger partial charge in [0.05, 0.1) is 6.61 Å². The number of rotatable bonds is 3. The van der Waals surface area contributed by atoms with Gasteiger partial charge in [0.15, 0.2) is 0 Å². The van der Waals surface area contributed by atoms with Crippen LogP contribution in [-0.4, -0.2) is 70.6 Å². The predicted molar refractivity (Wildman–Crippen MR) is 90.9 cm³/mol. The van der Waals surface area contributed by atoms with E-state index >= 15 is 0 Å². The topological polar surface area (TPSA) is 79.3 Å². The Morgan fingerprint density at radius 3 is 1.96 bits per heavy atom. The fraction of sp³-hybridized carbons (Fsp3) is 0.882. The summed E-state index contributed by atoms with van der Waals surface area (Å²) in [5.41, 5.74) is -1.10. The van der Waals surface area contributed by atoms with E-state index in [0.717, 1.165) is 0 Å². The number of hydrogen-bond donors (Lipinski definition) is 1.